The average molecular weight is 224 g/mol. The van der Waals surface area contributed by atoms with Crippen LogP contribution in [0.2, 0.25) is 5.02 Å². The first-order chi connectivity index (χ1) is 6.68. The summed E-state index contributed by atoms with van der Waals surface area (Å²) < 4.78 is 4.41. The molecule has 1 aromatic carbocycles. The molecule has 0 saturated carbocycles. The molecule has 0 fully saturated rings. The summed E-state index contributed by atoms with van der Waals surface area (Å²) in [5.74, 6) is 0. The Morgan fingerprint density at radius 2 is 1.79 bits per heavy atom. The van der Waals surface area contributed by atoms with Crippen LogP contribution in [-0.4, -0.2) is 4.37 Å². The fourth-order valence-corrected chi connectivity index (χ4v) is 2.12. The van der Waals surface area contributed by atoms with E-state index in [4.69, 9.17) is 11.6 Å². The lowest BCUT2D eigenvalue weighted by atomic mass is 10.1. The summed E-state index contributed by atoms with van der Waals surface area (Å²) in [6.07, 6.45) is 0. The second-order valence-corrected chi connectivity index (χ2v) is 4.63. The Morgan fingerprint density at radius 1 is 1.14 bits per heavy atom. The van der Waals surface area contributed by atoms with E-state index in [0.717, 1.165) is 16.3 Å². The van der Waals surface area contributed by atoms with Crippen molar-refractivity contribution in [1.29, 1.82) is 0 Å². The van der Waals surface area contributed by atoms with Gasteiger partial charge < -0.3 is 0 Å². The molecule has 1 nitrogen and oxygen atoms in total. The van der Waals surface area contributed by atoms with Gasteiger partial charge in [-0.2, -0.15) is 4.37 Å². The van der Waals surface area contributed by atoms with Gasteiger partial charge in [-0.1, -0.05) is 23.7 Å². The smallest absolute Gasteiger partial charge is 0.0872 e. The summed E-state index contributed by atoms with van der Waals surface area (Å²) >= 11 is 7.37. The van der Waals surface area contributed by atoms with E-state index in [2.05, 4.69) is 18.2 Å². The van der Waals surface area contributed by atoms with Crippen LogP contribution in [0, 0.1) is 13.8 Å². The van der Waals surface area contributed by atoms with Crippen LogP contribution in [0.3, 0.4) is 0 Å². The molecule has 0 aliphatic carbocycles. The van der Waals surface area contributed by atoms with Gasteiger partial charge >= 0.3 is 0 Å². The van der Waals surface area contributed by atoms with Crippen molar-refractivity contribution in [3.63, 3.8) is 0 Å². The van der Waals surface area contributed by atoms with Crippen molar-refractivity contribution in [3.8, 4) is 11.3 Å². The molecule has 0 aliphatic heterocycles. The van der Waals surface area contributed by atoms with E-state index in [0.29, 0.717) is 0 Å². The van der Waals surface area contributed by atoms with E-state index < -0.39 is 0 Å². The minimum atomic E-state index is 0.762. The highest BCUT2D eigenvalue weighted by Gasteiger charge is 2.07. The van der Waals surface area contributed by atoms with Crippen molar-refractivity contribution in [3.05, 3.63) is 39.7 Å². The van der Waals surface area contributed by atoms with Crippen molar-refractivity contribution >= 4 is 23.1 Å². The van der Waals surface area contributed by atoms with Crippen LogP contribution in [0.25, 0.3) is 11.3 Å². The molecule has 0 atom stereocenters. The van der Waals surface area contributed by atoms with Gasteiger partial charge in [-0.3, -0.25) is 0 Å². The largest absolute Gasteiger partial charge is 0.192 e. The SMILES string of the molecule is Cc1snc(-c2ccc(Cl)cc2)c1C. The predicted molar refractivity (Wildman–Crippen MR) is 62.0 cm³/mol. The topological polar surface area (TPSA) is 12.9 Å². The molecule has 72 valence electrons. The Morgan fingerprint density at radius 3 is 2.29 bits per heavy atom. The van der Waals surface area contributed by atoms with Crippen LogP contribution < -0.4 is 0 Å². The quantitative estimate of drug-likeness (QED) is 0.710. The highest BCUT2D eigenvalue weighted by Crippen LogP contribution is 2.27. The Labute approximate surface area is 92.5 Å². The molecule has 2 rings (SSSR count). The third kappa shape index (κ3) is 1.68. The summed E-state index contributed by atoms with van der Waals surface area (Å²) in [5, 5.41) is 0.762. The standard InChI is InChI=1S/C11H10ClNS/c1-7-8(2)14-13-11(7)9-3-5-10(12)6-4-9/h3-6H,1-2H3. The van der Waals surface area contributed by atoms with Gasteiger partial charge in [0.2, 0.25) is 0 Å². The number of aromatic nitrogens is 1. The van der Waals surface area contributed by atoms with E-state index in [1.54, 1.807) is 11.5 Å². The molecule has 0 amide bonds. The maximum absolute atomic E-state index is 5.83. The van der Waals surface area contributed by atoms with Gasteiger partial charge in [0.1, 0.15) is 0 Å². The third-order valence-corrected chi connectivity index (χ3v) is 3.38. The Bertz CT molecular complexity index is 445. The summed E-state index contributed by atoms with van der Waals surface area (Å²) in [4.78, 5) is 1.27. The van der Waals surface area contributed by atoms with Crippen molar-refractivity contribution in [2.45, 2.75) is 13.8 Å². The van der Waals surface area contributed by atoms with E-state index in [9.17, 15) is 0 Å². The van der Waals surface area contributed by atoms with Gasteiger partial charge in [-0.25, -0.2) is 0 Å². The van der Waals surface area contributed by atoms with E-state index in [1.807, 2.05) is 24.3 Å². The fourth-order valence-electron chi connectivity index (χ4n) is 1.29. The maximum atomic E-state index is 5.83. The van der Waals surface area contributed by atoms with Crippen LogP contribution in [0.1, 0.15) is 10.4 Å². The van der Waals surface area contributed by atoms with Crippen molar-refractivity contribution in [2.75, 3.05) is 0 Å². The van der Waals surface area contributed by atoms with Gasteiger partial charge in [0.05, 0.1) is 5.69 Å². The molecule has 2 aromatic rings. The highest BCUT2D eigenvalue weighted by atomic mass is 35.5. The second kappa shape index (κ2) is 3.71. The molecule has 3 heteroatoms. The third-order valence-electron chi connectivity index (χ3n) is 2.27. The number of hydrogen-bond acceptors (Lipinski definition) is 2. The van der Waals surface area contributed by atoms with Gasteiger partial charge in [0.25, 0.3) is 0 Å². The lowest BCUT2D eigenvalue weighted by molar-refractivity contribution is 1.39. The number of halogens is 1. The lowest BCUT2D eigenvalue weighted by Crippen LogP contribution is -1.80. The van der Waals surface area contributed by atoms with Crippen LogP contribution in [-0.2, 0) is 0 Å². The lowest BCUT2D eigenvalue weighted by Gasteiger charge is -1.98. The van der Waals surface area contributed by atoms with Crippen LogP contribution in [0.4, 0.5) is 0 Å². The molecule has 1 aromatic heterocycles. The minimum Gasteiger partial charge on any atom is -0.192 e. The number of rotatable bonds is 1. The minimum absolute atomic E-state index is 0.762. The van der Waals surface area contributed by atoms with Crippen LogP contribution >= 0.6 is 23.1 Å². The second-order valence-electron chi connectivity index (χ2n) is 3.22. The fraction of sp³-hybridized carbons (Fsp3) is 0.182. The van der Waals surface area contributed by atoms with Gasteiger partial charge in [0, 0.05) is 15.5 Å². The zero-order valence-corrected chi connectivity index (χ0v) is 9.62. The average Bonchev–Trinajstić information content (AvgIpc) is 2.50. The molecule has 14 heavy (non-hydrogen) atoms. The maximum Gasteiger partial charge on any atom is 0.0872 e. The Balaban J connectivity index is 2.49. The molecule has 0 saturated heterocycles. The first-order valence-electron chi connectivity index (χ1n) is 4.37. The first kappa shape index (κ1) is 9.69. The molecule has 0 aliphatic rings. The van der Waals surface area contributed by atoms with E-state index in [1.165, 1.54) is 10.4 Å². The molecule has 0 spiro atoms. The summed E-state index contributed by atoms with van der Waals surface area (Å²) in [6.45, 7) is 4.19. The summed E-state index contributed by atoms with van der Waals surface area (Å²) in [5.41, 5.74) is 3.47. The summed E-state index contributed by atoms with van der Waals surface area (Å²) in [6, 6.07) is 7.80. The van der Waals surface area contributed by atoms with Crippen molar-refractivity contribution in [1.82, 2.24) is 4.37 Å². The molecule has 0 unspecified atom stereocenters. The van der Waals surface area contributed by atoms with E-state index >= 15 is 0 Å². The number of benzene rings is 1. The summed E-state index contributed by atoms with van der Waals surface area (Å²) in [7, 11) is 0. The highest BCUT2D eigenvalue weighted by molar-refractivity contribution is 7.06. The number of nitrogens with zero attached hydrogens (tertiary/aromatic N) is 1. The molecular weight excluding hydrogens is 214 g/mol. The Kier molecular flexibility index (Phi) is 2.57. The number of hydrogen-bond donors (Lipinski definition) is 0. The van der Waals surface area contributed by atoms with Crippen LogP contribution in [0.15, 0.2) is 24.3 Å². The monoisotopic (exact) mass is 223 g/mol. The van der Waals surface area contributed by atoms with Gasteiger partial charge in [0.15, 0.2) is 0 Å². The zero-order valence-electron chi connectivity index (χ0n) is 8.04. The molecule has 0 bridgehead atoms. The predicted octanol–water partition coefficient (Wildman–Crippen LogP) is 4.08. The van der Waals surface area contributed by atoms with Gasteiger partial charge in [-0.05, 0) is 43.1 Å². The molecular formula is C11H10ClNS. The Hall–Kier alpha value is -0.860. The normalized spacial score (nSPS) is 10.5. The number of aryl methyl sites for hydroxylation is 1. The zero-order chi connectivity index (χ0) is 10.1. The van der Waals surface area contributed by atoms with Crippen LogP contribution in [0.5, 0.6) is 0 Å². The van der Waals surface area contributed by atoms with Crippen molar-refractivity contribution in [2.24, 2.45) is 0 Å². The molecule has 0 radical (unpaired) electrons. The molecule has 1 heterocycles. The van der Waals surface area contributed by atoms with E-state index in [-0.39, 0.29) is 0 Å². The molecule has 0 N–H and O–H groups in total. The van der Waals surface area contributed by atoms with Crippen molar-refractivity contribution < 1.29 is 0 Å². The first-order valence-corrected chi connectivity index (χ1v) is 5.52. The van der Waals surface area contributed by atoms with Gasteiger partial charge in [-0.15, -0.1) is 0 Å².